The van der Waals surface area contributed by atoms with E-state index in [0.29, 0.717) is 16.4 Å². The van der Waals surface area contributed by atoms with Crippen LogP contribution >= 0.6 is 15.9 Å². The normalized spacial score (nSPS) is 27.0. The zero-order valence-corrected chi connectivity index (χ0v) is 12.8. The van der Waals surface area contributed by atoms with Crippen LogP contribution in [-0.4, -0.2) is 11.0 Å². The van der Waals surface area contributed by atoms with E-state index in [0.717, 1.165) is 18.0 Å². The highest BCUT2D eigenvalue weighted by molar-refractivity contribution is 9.10. The molecule has 3 atom stereocenters. The first-order chi connectivity index (χ1) is 8.97. The minimum absolute atomic E-state index is 0.113. The SMILES string of the molecule is CC1CCC(Nc2ccc(Br)c([N+](=O)[O-])c2)C(C)C1. The molecule has 1 N–H and O–H groups in total. The number of halogens is 1. The van der Waals surface area contributed by atoms with E-state index in [2.05, 4.69) is 35.1 Å². The minimum Gasteiger partial charge on any atom is -0.382 e. The number of benzene rings is 1. The predicted octanol–water partition coefficient (Wildman–Crippen LogP) is 4.59. The summed E-state index contributed by atoms with van der Waals surface area (Å²) < 4.78 is 0.522. The van der Waals surface area contributed by atoms with Crippen molar-refractivity contribution in [3.05, 3.63) is 32.8 Å². The third-order valence-corrected chi connectivity index (χ3v) is 4.60. The third kappa shape index (κ3) is 3.47. The summed E-state index contributed by atoms with van der Waals surface area (Å²) in [6.07, 6.45) is 3.57. The molecule has 0 saturated heterocycles. The highest BCUT2D eigenvalue weighted by Gasteiger charge is 2.25. The van der Waals surface area contributed by atoms with Crippen LogP contribution in [0.25, 0.3) is 0 Å². The second-order valence-electron chi connectivity index (χ2n) is 5.57. The van der Waals surface area contributed by atoms with Gasteiger partial charge in [0.15, 0.2) is 0 Å². The fourth-order valence-corrected chi connectivity index (χ4v) is 3.23. The first-order valence-corrected chi connectivity index (χ1v) is 7.47. The lowest BCUT2D eigenvalue weighted by atomic mass is 9.80. The Morgan fingerprint density at radius 3 is 2.74 bits per heavy atom. The van der Waals surface area contributed by atoms with Gasteiger partial charge >= 0.3 is 0 Å². The molecule has 1 aliphatic rings. The lowest BCUT2D eigenvalue weighted by molar-refractivity contribution is -0.385. The van der Waals surface area contributed by atoms with Gasteiger partial charge in [-0.15, -0.1) is 0 Å². The Morgan fingerprint density at radius 2 is 2.11 bits per heavy atom. The first-order valence-electron chi connectivity index (χ1n) is 6.68. The van der Waals surface area contributed by atoms with Gasteiger partial charge in [0.2, 0.25) is 0 Å². The zero-order valence-electron chi connectivity index (χ0n) is 11.2. The summed E-state index contributed by atoms with van der Waals surface area (Å²) in [6, 6.07) is 5.64. The number of anilines is 1. The fraction of sp³-hybridized carbons (Fsp3) is 0.571. The van der Waals surface area contributed by atoms with Crippen molar-refractivity contribution in [2.45, 2.75) is 39.2 Å². The molecular formula is C14H19BrN2O2. The van der Waals surface area contributed by atoms with Crippen LogP contribution in [0.3, 0.4) is 0 Å². The van der Waals surface area contributed by atoms with Gasteiger partial charge in [0, 0.05) is 17.8 Å². The molecule has 0 heterocycles. The molecule has 4 nitrogen and oxygen atoms in total. The molecule has 1 aromatic carbocycles. The molecule has 0 aliphatic heterocycles. The van der Waals surface area contributed by atoms with Gasteiger partial charge in [-0.25, -0.2) is 0 Å². The van der Waals surface area contributed by atoms with Crippen LogP contribution in [0.15, 0.2) is 22.7 Å². The maximum Gasteiger partial charge on any atom is 0.285 e. The van der Waals surface area contributed by atoms with Gasteiger partial charge in [0.1, 0.15) is 0 Å². The van der Waals surface area contributed by atoms with Crippen LogP contribution in [-0.2, 0) is 0 Å². The number of nitro groups is 1. The number of hydrogen-bond acceptors (Lipinski definition) is 3. The number of nitrogens with one attached hydrogen (secondary N) is 1. The highest BCUT2D eigenvalue weighted by Crippen LogP contribution is 2.33. The first kappa shape index (κ1) is 14.3. The molecule has 1 saturated carbocycles. The molecule has 3 unspecified atom stereocenters. The Bertz CT molecular complexity index is 479. The number of hydrogen-bond donors (Lipinski definition) is 1. The van der Waals surface area contributed by atoms with Crippen molar-refractivity contribution >= 4 is 27.3 Å². The third-order valence-electron chi connectivity index (χ3n) is 3.93. The van der Waals surface area contributed by atoms with E-state index >= 15 is 0 Å². The summed E-state index contributed by atoms with van der Waals surface area (Å²) in [7, 11) is 0. The molecule has 0 amide bonds. The van der Waals surface area contributed by atoms with E-state index in [1.54, 1.807) is 12.1 Å². The number of nitrogens with zero attached hydrogens (tertiary/aromatic N) is 1. The van der Waals surface area contributed by atoms with Crippen LogP contribution in [0, 0.1) is 22.0 Å². The van der Waals surface area contributed by atoms with Crippen LogP contribution in [0.5, 0.6) is 0 Å². The highest BCUT2D eigenvalue weighted by atomic mass is 79.9. The second-order valence-corrected chi connectivity index (χ2v) is 6.42. The lowest BCUT2D eigenvalue weighted by Crippen LogP contribution is -2.32. The topological polar surface area (TPSA) is 55.2 Å². The molecule has 1 aromatic rings. The van der Waals surface area contributed by atoms with E-state index in [1.165, 1.54) is 12.8 Å². The quantitative estimate of drug-likeness (QED) is 0.652. The smallest absolute Gasteiger partial charge is 0.285 e. The van der Waals surface area contributed by atoms with Gasteiger partial charge < -0.3 is 5.32 Å². The zero-order chi connectivity index (χ0) is 14.0. The van der Waals surface area contributed by atoms with Gasteiger partial charge in [-0.3, -0.25) is 10.1 Å². The van der Waals surface area contributed by atoms with Gasteiger partial charge in [0.05, 0.1) is 9.40 Å². The van der Waals surface area contributed by atoms with E-state index in [4.69, 9.17) is 0 Å². The average molecular weight is 327 g/mol. The molecule has 104 valence electrons. The van der Waals surface area contributed by atoms with Gasteiger partial charge in [-0.2, -0.15) is 0 Å². The van der Waals surface area contributed by atoms with Crippen molar-refractivity contribution < 1.29 is 4.92 Å². The Kier molecular flexibility index (Phi) is 4.45. The molecule has 0 radical (unpaired) electrons. The Morgan fingerprint density at radius 1 is 1.37 bits per heavy atom. The lowest BCUT2D eigenvalue weighted by Gasteiger charge is -2.33. The van der Waals surface area contributed by atoms with Crippen molar-refractivity contribution in [3.63, 3.8) is 0 Å². The Hall–Kier alpha value is -1.10. The summed E-state index contributed by atoms with van der Waals surface area (Å²) in [5.74, 6) is 1.39. The molecule has 19 heavy (non-hydrogen) atoms. The molecular weight excluding hydrogens is 308 g/mol. The number of rotatable bonds is 3. The molecule has 0 aromatic heterocycles. The Balaban J connectivity index is 2.11. The molecule has 1 fully saturated rings. The van der Waals surface area contributed by atoms with Crippen LogP contribution in [0.1, 0.15) is 33.1 Å². The van der Waals surface area contributed by atoms with Crippen molar-refractivity contribution in [1.82, 2.24) is 0 Å². The maximum absolute atomic E-state index is 10.9. The summed E-state index contributed by atoms with van der Waals surface area (Å²) in [5, 5.41) is 14.4. The molecule has 0 spiro atoms. The standard InChI is InChI=1S/C14H19BrN2O2/c1-9-3-6-13(10(2)7-9)16-11-4-5-12(15)14(8-11)17(18)19/h4-5,8-10,13,16H,3,6-7H2,1-2H3. The van der Waals surface area contributed by atoms with Crippen molar-refractivity contribution in [2.75, 3.05) is 5.32 Å². The Labute approximate surface area is 121 Å². The van der Waals surface area contributed by atoms with Crippen molar-refractivity contribution in [1.29, 1.82) is 0 Å². The van der Waals surface area contributed by atoms with Gasteiger partial charge in [0.25, 0.3) is 5.69 Å². The van der Waals surface area contributed by atoms with Crippen LogP contribution < -0.4 is 5.32 Å². The summed E-state index contributed by atoms with van der Waals surface area (Å²) >= 11 is 3.21. The molecule has 5 heteroatoms. The monoisotopic (exact) mass is 326 g/mol. The van der Waals surface area contributed by atoms with E-state index in [9.17, 15) is 10.1 Å². The van der Waals surface area contributed by atoms with Gasteiger partial charge in [-0.05, 0) is 59.2 Å². The summed E-state index contributed by atoms with van der Waals surface area (Å²) in [6.45, 7) is 4.54. The predicted molar refractivity (Wildman–Crippen MR) is 80.4 cm³/mol. The van der Waals surface area contributed by atoms with E-state index < -0.39 is 0 Å². The van der Waals surface area contributed by atoms with Crippen LogP contribution in [0.4, 0.5) is 11.4 Å². The van der Waals surface area contributed by atoms with Gasteiger partial charge in [-0.1, -0.05) is 13.8 Å². The second kappa shape index (κ2) is 5.90. The van der Waals surface area contributed by atoms with E-state index in [1.807, 2.05) is 6.07 Å². The van der Waals surface area contributed by atoms with E-state index in [-0.39, 0.29) is 10.6 Å². The fourth-order valence-electron chi connectivity index (χ4n) is 2.84. The average Bonchev–Trinajstić information content (AvgIpc) is 2.34. The minimum atomic E-state index is -0.359. The molecule has 1 aliphatic carbocycles. The largest absolute Gasteiger partial charge is 0.382 e. The molecule has 2 rings (SSSR count). The molecule has 0 bridgehead atoms. The van der Waals surface area contributed by atoms with Crippen molar-refractivity contribution in [3.8, 4) is 0 Å². The summed E-state index contributed by atoms with van der Waals surface area (Å²) in [4.78, 5) is 10.6. The van der Waals surface area contributed by atoms with Crippen molar-refractivity contribution in [2.24, 2.45) is 11.8 Å². The maximum atomic E-state index is 10.9. The number of nitro benzene ring substituents is 1. The van der Waals surface area contributed by atoms with Crippen LogP contribution in [0.2, 0.25) is 0 Å². The summed E-state index contributed by atoms with van der Waals surface area (Å²) in [5.41, 5.74) is 0.947.